The molecule has 3 rings (SSSR count). The number of aryl methyl sites for hydroxylation is 2. The second kappa shape index (κ2) is 14.7. The van der Waals surface area contributed by atoms with Crippen molar-refractivity contribution in [1.82, 2.24) is 10.2 Å². The minimum absolute atomic E-state index is 0.0631. The number of hydrogen-bond donors (Lipinski definition) is 1. The van der Waals surface area contributed by atoms with E-state index < -0.39 is 28.5 Å². The number of carbonyl (C=O) groups excluding carboxylic acids is 2. The van der Waals surface area contributed by atoms with E-state index in [1.54, 1.807) is 36.4 Å². The van der Waals surface area contributed by atoms with Gasteiger partial charge in [-0.1, -0.05) is 73.9 Å². The van der Waals surface area contributed by atoms with Crippen LogP contribution in [0, 0.1) is 13.8 Å². The average Bonchev–Trinajstić information content (AvgIpc) is 2.97. The molecular formula is C32H41N3O5S. The van der Waals surface area contributed by atoms with Gasteiger partial charge in [-0.05, 0) is 56.5 Å². The fourth-order valence-electron chi connectivity index (χ4n) is 4.45. The Kier molecular flexibility index (Phi) is 11.3. The van der Waals surface area contributed by atoms with Crippen molar-refractivity contribution < 1.29 is 22.7 Å². The first-order valence-electron chi connectivity index (χ1n) is 14.0. The summed E-state index contributed by atoms with van der Waals surface area (Å²) in [6.07, 6.45) is 2.13. The van der Waals surface area contributed by atoms with Gasteiger partial charge in [-0.2, -0.15) is 0 Å². The SMILES string of the molecule is CCCCNC(=O)[C@H](CC)N(Cc1ccc(C)cc1)C(=O)CN(c1cccc(OC)c1)S(=O)(=O)c1ccc(C)cc1. The van der Waals surface area contributed by atoms with E-state index in [-0.39, 0.29) is 23.0 Å². The molecule has 3 aromatic rings. The van der Waals surface area contributed by atoms with Gasteiger partial charge in [0.1, 0.15) is 18.3 Å². The van der Waals surface area contributed by atoms with E-state index in [0.717, 1.165) is 33.8 Å². The fourth-order valence-corrected chi connectivity index (χ4v) is 5.85. The summed E-state index contributed by atoms with van der Waals surface area (Å²) in [7, 11) is -2.65. The van der Waals surface area contributed by atoms with Crippen LogP contribution in [0.25, 0.3) is 0 Å². The number of nitrogens with one attached hydrogen (secondary N) is 1. The molecule has 220 valence electrons. The number of rotatable bonds is 14. The largest absolute Gasteiger partial charge is 0.497 e. The van der Waals surface area contributed by atoms with Crippen LogP contribution in [0.15, 0.2) is 77.7 Å². The molecule has 0 unspecified atom stereocenters. The van der Waals surface area contributed by atoms with E-state index in [2.05, 4.69) is 5.32 Å². The van der Waals surface area contributed by atoms with Gasteiger partial charge in [-0.25, -0.2) is 8.42 Å². The van der Waals surface area contributed by atoms with Crippen molar-refractivity contribution in [1.29, 1.82) is 0 Å². The van der Waals surface area contributed by atoms with Crippen molar-refractivity contribution >= 4 is 27.5 Å². The van der Waals surface area contributed by atoms with E-state index >= 15 is 0 Å². The molecule has 0 heterocycles. The Morgan fingerprint density at radius 1 is 0.927 bits per heavy atom. The molecule has 0 aliphatic heterocycles. The number of hydrogen-bond acceptors (Lipinski definition) is 5. The highest BCUT2D eigenvalue weighted by atomic mass is 32.2. The summed E-state index contributed by atoms with van der Waals surface area (Å²) in [6, 6.07) is 20.1. The third-order valence-electron chi connectivity index (χ3n) is 6.92. The van der Waals surface area contributed by atoms with Crippen LogP contribution >= 0.6 is 0 Å². The van der Waals surface area contributed by atoms with E-state index in [1.807, 2.05) is 52.0 Å². The first kappa shape index (κ1) is 31.7. The van der Waals surface area contributed by atoms with Crippen LogP contribution in [0.5, 0.6) is 5.75 Å². The van der Waals surface area contributed by atoms with Crippen molar-refractivity contribution in [2.75, 3.05) is 24.5 Å². The lowest BCUT2D eigenvalue weighted by atomic mass is 10.1. The molecule has 41 heavy (non-hydrogen) atoms. The molecule has 0 aromatic heterocycles. The van der Waals surface area contributed by atoms with Gasteiger partial charge in [0, 0.05) is 19.2 Å². The number of unbranched alkanes of at least 4 members (excludes halogenated alkanes) is 1. The predicted octanol–water partition coefficient (Wildman–Crippen LogP) is 5.23. The van der Waals surface area contributed by atoms with E-state index in [9.17, 15) is 18.0 Å². The van der Waals surface area contributed by atoms with Gasteiger partial charge in [0.15, 0.2) is 0 Å². The van der Waals surface area contributed by atoms with Crippen molar-refractivity contribution in [3.8, 4) is 5.75 Å². The van der Waals surface area contributed by atoms with E-state index in [1.165, 1.54) is 24.1 Å². The van der Waals surface area contributed by atoms with Gasteiger partial charge in [-0.3, -0.25) is 13.9 Å². The second-order valence-corrected chi connectivity index (χ2v) is 12.0. The maximum absolute atomic E-state index is 14.1. The second-order valence-electron chi connectivity index (χ2n) is 10.1. The van der Waals surface area contributed by atoms with Gasteiger partial charge in [0.05, 0.1) is 17.7 Å². The van der Waals surface area contributed by atoms with Crippen LogP contribution in [0.2, 0.25) is 0 Å². The molecule has 0 saturated carbocycles. The molecule has 0 radical (unpaired) electrons. The zero-order valence-electron chi connectivity index (χ0n) is 24.6. The molecule has 0 bridgehead atoms. The minimum atomic E-state index is -4.14. The van der Waals surface area contributed by atoms with Gasteiger partial charge in [0.2, 0.25) is 11.8 Å². The Labute approximate surface area is 244 Å². The summed E-state index contributed by atoms with van der Waals surface area (Å²) in [5.41, 5.74) is 3.12. The van der Waals surface area contributed by atoms with Crippen molar-refractivity contribution in [2.24, 2.45) is 0 Å². The monoisotopic (exact) mass is 579 g/mol. The van der Waals surface area contributed by atoms with Crippen molar-refractivity contribution in [3.63, 3.8) is 0 Å². The molecule has 0 aliphatic carbocycles. The Morgan fingerprint density at radius 3 is 2.15 bits per heavy atom. The molecule has 3 aromatic carbocycles. The van der Waals surface area contributed by atoms with Crippen LogP contribution in [0.3, 0.4) is 0 Å². The number of anilines is 1. The smallest absolute Gasteiger partial charge is 0.264 e. The zero-order valence-corrected chi connectivity index (χ0v) is 25.4. The Bertz CT molecular complexity index is 1410. The number of methoxy groups -OCH3 is 1. The Balaban J connectivity index is 2.05. The molecule has 9 heteroatoms. The van der Waals surface area contributed by atoms with Gasteiger partial charge >= 0.3 is 0 Å². The minimum Gasteiger partial charge on any atom is -0.497 e. The van der Waals surface area contributed by atoms with Gasteiger partial charge in [-0.15, -0.1) is 0 Å². The topological polar surface area (TPSA) is 96.0 Å². The quantitative estimate of drug-likeness (QED) is 0.264. The predicted molar refractivity (Wildman–Crippen MR) is 162 cm³/mol. The first-order chi connectivity index (χ1) is 19.6. The lowest BCUT2D eigenvalue weighted by molar-refractivity contribution is -0.140. The zero-order chi connectivity index (χ0) is 30.0. The lowest BCUT2D eigenvalue weighted by Crippen LogP contribution is -2.52. The Hall–Kier alpha value is -3.85. The lowest BCUT2D eigenvalue weighted by Gasteiger charge is -2.33. The van der Waals surface area contributed by atoms with Crippen molar-refractivity contribution in [2.45, 2.75) is 64.4 Å². The maximum Gasteiger partial charge on any atom is 0.264 e. The summed E-state index contributed by atoms with van der Waals surface area (Å²) in [5, 5.41) is 2.95. The molecule has 2 amide bonds. The standard InChI is InChI=1S/C32H41N3O5S/c1-6-8-20-33-32(37)30(7-2)34(22-26-16-12-24(3)13-17-26)31(36)23-35(27-10-9-11-28(21-27)40-5)41(38,39)29-18-14-25(4)15-19-29/h9-19,21,30H,6-8,20,22-23H2,1-5H3,(H,33,37)/t30-/m0/s1. The number of nitrogens with zero attached hydrogens (tertiary/aromatic N) is 2. The first-order valence-corrected chi connectivity index (χ1v) is 15.4. The molecule has 8 nitrogen and oxygen atoms in total. The summed E-state index contributed by atoms with van der Waals surface area (Å²) in [6.45, 7) is 7.92. The molecule has 0 spiro atoms. The number of ether oxygens (including phenoxy) is 1. The highest BCUT2D eigenvalue weighted by Gasteiger charge is 2.33. The molecular weight excluding hydrogens is 538 g/mol. The molecule has 0 fully saturated rings. The van der Waals surface area contributed by atoms with Crippen LogP contribution < -0.4 is 14.4 Å². The number of carbonyl (C=O) groups is 2. The molecule has 0 saturated heterocycles. The van der Waals surface area contributed by atoms with Crippen LogP contribution in [-0.4, -0.2) is 51.4 Å². The third-order valence-corrected chi connectivity index (χ3v) is 8.71. The Morgan fingerprint density at radius 2 is 1.56 bits per heavy atom. The van der Waals surface area contributed by atoms with Crippen LogP contribution in [0.1, 0.15) is 49.8 Å². The molecule has 1 N–H and O–H groups in total. The molecule has 0 aliphatic rings. The highest BCUT2D eigenvalue weighted by molar-refractivity contribution is 7.92. The molecule has 1 atom stereocenters. The summed E-state index contributed by atoms with van der Waals surface area (Å²) in [4.78, 5) is 29.0. The van der Waals surface area contributed by atoms with Gasteiger partial charge in [0.25, 0.3) is 10.0 Å². The fraction of sp³-hybridized carbons (Fsp3) is 0.375. The normalized spacial score (nSPS) is 11.9. The third kappa shape index (κ3) is 8.33. The summed E-state index contributed by atoms with van der Waals surface area (Å²) in [5.74, 6) is -0.283. The summed E-state index contributed by atoms with van der Waals surface area (Å²) < 4.78 is 34.4. The van der Waals surface area contributed by atoms with E-state index in [4.69, 9.17) is 4.74 Å². The van der Waals surface area contributed by atoms with Crippen LogP contribution in [0.4, 0.5) is 5.69 Å². The number of amides is 2. The average molecular weight is 580 g/mol. The number of sulfonamides is 1. The highest BCUT2D eigenvalue weighted by Crippen LogP contribution is 2.28. The maximum atomic E-state index is 14.1. The van der Waals surface area contributed by atoms with Crippen molar-refractivity contribution in [3.05, 3.63) is 89.5 Å². The number of benzene rings is 3. The summed E-state index contributed by atoms with van der Waals surface area (Å²) >= 11 is 0. The van der Waals surface area contributed by atoms with Gasteiger partial charge < -0.3 is 15.0 Å². The van der Waals surface area contributed by atoms with Crippen LogP contribution in [-0.2, 0) is 26.2 Å². The van der Waals surface area contributed by atoms with E-state index in [0.29, 0.717) is 18.7 Å².